The highest BCUT2D eigenvalue weighted by Gasteiger charge is 1.96. The van der Waals surface area contributed by atoms with Crippen molar-refractivity contribution in [1.29, 1.82) is 0 Å². The summed E-state index contributed by atoms with van der Waals surface area (Å²) < 4.78 is 0. The predicted molar refractivity (Wildman–Crippen MR) is 38.3 cm³/mol. The van der Waals surface area contributed by atoms with Gasteiger partial charge >= 0.3 is 0 Å². The van der Waals surface area contributed by atoms with Gasteiger partial charge in [-0.2, -0.15) is 0 Å². The lowest BCUT2D eigenvalue weighted by Gasteiger charge is -1.95. The van der Waals surface area contributed by atoms with E-state index in [9.17, 15) is 9.59 Å². The van der Waals surface area contributed by atoms with Crippen LogP contribution >= 0.6 is 0 Å². The number of nitrogens with one attached hydrogen (secondary N) is 1. The van der Waals surface area contributed by atoms with Gasteiger partial charge in [0.05, 0.1) is 0 Å². The Morgan fingerprint density at radius 1 is 1.50 bits per heavy atom. The second kappa shape index (κ2) is 6.26. The minimum absolute atomic E-state index is 0.177. The van der Waals surface area contributed by atoms with Crippen molar-refractivity contribution in [1.82, 2.24) is 5.32 Å². The Kier molecular flexibility index (Phi) is 5.72. The Labute approximate surface area is 60.8 Å². The number of hydrogen-bond acceptors (Lipinski definition) is 2. The molecule has 0 aromatic rings. The SMILES string of the molecule is CCCCCC(=O)NC=O. The normalized spacial score (nSPS) is 8.90. The molecule has 58 valence electrons. The summed E-state index contributed by atoms with van der Waals surface area (Å²) in [7, 11) is 0. The summed E-state index contributed by atoms with van der Waals surface area (Å²) in [4.78, 5) is 20.3. The van der Waals surface area contributed by atoms with Crippen molar-refractivity contribution in [2.45, 2.75) is 32.6 Å². The van der Waals surface area contributed by atoms with Gasteiger partial charge in [-0.1, -0.05) is 19.8 Å². The molecule has 0 saturated carbocycles. The van der Waals surface area contributed by atoms with Gasteiger partial charge in [0, 0.05) is 6.42 Å². The van der Waals surface area contributed by atoms with Gasteiger partial charge in [0.15, 0.2) is 0 Å². The van der Waals surface area contributed by atoms with Gasteiger partial charge in [-0.25, -0.2) is 0 Å². The smallest absolute Gasteiger partial charge is 0.226 e. The Balaban J connectivity index is 3.13. The number of unbranched alkanes of at least 4 members (excludes halogenated alkanes) is 2. The number of amides is 2. The summed E-state index contributed by atoms with van der Waals surface area (Å²) in [6.07, 6.45) is 3.90. The molecule has 0 spiro atoms. The molecule has 0 bridgehead atoms. The monoisotopic (exact) mass is 143 g/mol. The van der Waals surface area contributed by atoms with Gasteiger partial charge in [-0.3, -0.25) is 14.9 Å². The molecule has 2 amide bonds. The standard InChI is InChI=1S/C7H13NO2/c1-2-3-4-5-7(10)8-6-9/h6H,2-5H2,1H3,(H,8,9,10). The third-order valence-corrected chi connectivity index (χ3v) is 1.23. The summed E-state index contributed by atoms with van der Waals surface area (Å²) in [6.45, 7) is 2.07. The third-order valence-electron chi connectivity index (χ3n) is 1.23. The average molecular weight is 143 g/mol. The minimum atomic E-state index is -0.177. The molecule has 0 heterocycles. The van der Waals surface area contributed by atoms with Crippen LogP contribution in [0, 0.1) is 0 Å². The van der Waals surface area contributed by atoms with Crippen molar-refractivity contribution in [3.05, 3.63) is 0 Å². The van der Waals surface area contributed by atoms with Crippen LogP contribution in [0.25, 0.3) is 0 Å². The zero-order chi connectivity index (χ0) is 7.82. The number of rotatable bonds is 5. The highest BCUT2D eigenvalue weighted by Crippen LogP contribution is 1.97. The van der Waals surface area contributed by atoms with Crippen molar-refractivity contribution in [2.24, 2.45) is 0 Å². The summed E-state index contributed by atoms with van der Waals surface area (Å²) in [5.74, 6) is -0.177. The van der Waals surface area contributed by atoms with Crippen LogP contribution in [0.3, 0.4) is 0 Å². The molecule has 3 heteroatoms. The molecule has 0 aliphatic carbocycles. The first-order chi connectivity index (χ1) is 4.81. The Bertz CT molecular complexity index is 112. The maximum absolute atomic E-state index is 10.6. The molecule has 1 N–H and O–H groups in total. The lowest BCUT2D eigenvalue weighted by Crippen LogP contribution is -2.20. The van der Waals surface area contributed by atoms with Gasteiger partial charge in [0.1, 0.15) is 0 Å². The lowest BCUT2D eigenvalue weighted by atomic mass is 10.2. The molecule has 0 aromatic carbocycles. The van der Waals surface area contributed by atoms with Crippen molar-refractivity contribution >= 4 is 12.3 Å². The molecule has 3 nitrogen and oxygen atoms in total. The molecule has 0 fully saturated rings. The van der Waals surface area contributed by atoms with Gasteiger partial charge in [0.2, 0.25) is 12.3 Å². The van der Waals surface area contributed by atoms with E-state index in [-0.39, 0.29) is 5.91 Å². The van der Waals surface area contributed by atoms with Crippen LogP contribution in [0.2, 0.25) is 0 Å². The highest BCUT2D eigenvalue weighted by atomic mass is 16.2. The van der Waals surface area contributed by atoms with Crippen LogP contribution in [-0.2, 0) is 9.59 Å². The van der Waals surface area contributed by atoms with Gasteiger partial charge in [-0.15, -0.1) is 0 Å². The second-order valence-corrected chi connectivity index (χ2v) is 2.14. The van der Waals surface area contributed by atoms with Gasteiger partial charge in [0.25, 0.3) is 0 Å². The molecule has 0 aliphatic heterocycles. The first-order valence-electron chi connectivity index (χ1n) is 3.54. The Hall–Kier alpha value is -0.860. The summed E-state index contributed by atoms with van der Waals surface area (Å²) in [6, 6.07) is 0. The summed E-state index contributed by atoms with van der Waals surface area (Å²) in [5.41, 5.74) is 0. The van der Waals surface area contributed by atoms with E-state index in [1.807, 2.05) is 0 Å². The predicted octanol–water partition coefficient (Wildman–Crippen LogP) is 0.839. The molecular formula is C7H13NO2. The lowest BCUT2D eigenvalue weighted by molar-refractivity contribution is -0.125. The first kappa shape index (κ1) is 9.14. The van der Waals surface area contributed by atoms with E-state index in [0.717, 1.165) is 19.3 Å². The van der Waals surface area contributed by atoms with Crippen LogP contribution in [0.5, 0.6) is 0 Å². The molecule has 10 heavy (non-hydrogen) atoms. The van der Waals surface area contributed by atoms with Crippen LogP contribution in [0.1, 0.15) is 32.6 Å². The van der Waals surface area contributed by atoms with Gasteiger partial charge in [-0.05, 0) is 6.42 Å². The Morgan fingerprint density at radius 2 is 2.20 bits per heavy atom. The van der Waals surface area contributed by atoms with Crippen molar-refractivity contribution in [3.8, 4) is 0 Å². The highest BCUT2D eigenvalue weighted by molar-refractivity contribution is 5.85. The molecule has 0 unspecified atom stereocenters. The average Bonchev–Trinajstić information content (AvgIpc) is 1.89. The van der Waals surface area contributed by atoms with E-state index >= 15 is 0 Å². The van der Waals surface area contributed by atoms with Crippen LogP contribution < -0.4 is 5.32 Å². The molecule has 0 radical (unpaired) electrons. The zero-order valence-electron chi connectivity index (χ0n) is 6.22. The van der Waals surface area contributed by atoms with Crippen molar-refractivity contribution < 1.29 is 9.59 Å². The number of hydrogen-bond donors (Lipinski definition) is 1. The molecule has 0 atom stereocenters. The maximum Gasteiger partial charge on any atom is 0.226 e. The van der Waals surface area contributed by atoms with Crippen LogP contribution in [0.4, 0.5) is 0 Å². The van der Waals surface area contributed by atoms with Crippen molar-refractivity contribution in [3.63, 3.8) is 0 Å². The summed E-state index contributed by atoms with van der Waals surface area (Å²) in [5, 5.41) is 2.08. The third kappa shape index (κ3) is 5.28. The van der Waals surface area contributed by atoms with E-state index < -0.39 is 0 Å². The molecule has 0 aliphatic rings. The Morgan fingerprint density at radius 3 is 2.70 bits per heavy atom. The molecule has 0 rings (SSSR count). The molecular weight excluding hydrogens is 130 g/mol. The zero-order valence-corrected chi connectivity index (χ0v) is 6.22. The molecule has 0 saturated heterocycles. The van der Waals surface area contributed by atoms with Crippen LogP contribution in [0.15, 0.2) is 0 Å². The number of carbonyl (C=O) groups excluding carboxylic acids is 2. The first-order valence-corrected chi connectivity index (χ1v) is 3.54. The fraction of sp³-hybridized carbons (Fsp3) is 0.714. The maximum atomic E-state index is 10.6. The van der Waals surface area contributed by atoms with Gasteiger partial charge < -0.3 is 0 Å². The quantitative estimate of drug-likeness (QED) is 0.458. The van der Waals surface area contributed by atoms with E-state index in [1.165, 1.54) is 0 Å². The molecule has 0 aromatic heterocycles. The number of imide groups is 1. The number of carbonyl (C=O) groups is 2. The second-order valence-electron chi connectivity index (χ2n) is 2.14. The largest absolute Gasteiger partial charge is 0.299 e. The fourth-order valence-corrected chi connectivity index (χ4v) is 0.673. The minimum Gasteiger partial charge on any atom is -0.299 e. The van der Waals surface area contributed by atoms with Crippen molar-refractivity contribution in [2.75, 3.05) is 0 Å². The van der Waals surface area contributed by atoms with E-state index in [4.69, 9.17) is 0 Å². The van der Waals surface area contributed by atoms with Crippen LogP contribution in [-0.4, -0.2) is 12.3 Å². The fourth-order valence-electron chi connectivity index (χ4n) is 0.673. The van der Waals surface area contributed by atoms with E-state index in [0.29, 0.717) is 12.8 Å². The van der Waals surface area contributed by atoms with E-state index in [2.05, 4.69) is 12.2 Å². The topological polar surface area (TPSA) is 46.2 Å². The summed E-state index contributed by atoms with van der Waals surface area (Å²) >= 11 is 0. The van der Waals surface area contributed by atoms with E-state index in [1.54, 1.807) is 0 Å².